The highest BCUT2D eigenvalue weighted by Gasteiger charge is 2.27. The van der Waals surface area contributed by atoms with Crippen LogP contribution in [0, 0.1) is 0 Å². The summed E-state index contributed by atoms with van der Waals surface area (Å²) in [6.07, 6.45) is 0.407. The van der Waals surface area contributed by atoms with Gasteiger partial charge in [0.15, 0.2) is 0 Å². The molecule has 0 bridgehead atoms. The fourth-order valence-electron chi connectivity index (χ4n) is 4.76. The number of carbonyl (C=O) groups excluding carboxylic acids is 1. The maximum Gasteiger partial charge on any atom is 0.352 e. The number of nitrogens with zero attached hydrogens (tertiary/aromatic N) is 2. The highest BCUT2D eigenvalue weighted by molar-refractivity contribution is 5.98. The zero-order chi connectivity index (χ0) is 24.9. The first-order valence-corrected chi connectivity index (χ1v) is 10.9. The van der Waals surface area contributed by atoms with Gasteiger partial charge in [-0.3, -0.25) is 9.59 Å². The number of fused-ring (bicyclic) bond motifs is 4. The van der Waals surface area contributed by atoms with E-state index in [-0.39, 0.29) is 12.1 Å². The lowest BCUT2D eigenvalue weighted by Gasteiger charge is -2.14. The van der Waals surface area contributed by atoms with E-state index in [0.29, 0.717) is 45.6 Å². The molecule has 1 aliphatic rings. The standard InChI is InChI=1S/C26H22N2O7/c1-34-18-5-3-14(22(12-18)35-2)11-24(31)28-23(30)6-4-15-7-16-9-20-17(8-19(16)25(15)28)10-21(26(32)33)27(20)13-29/h3-6,8-10,12,29H,7,11,13H2,1-2H3,(H,32,33). The third-order valence-electron chi connectivity index (χ3n) is 6.38. The van der Waals surface area contributed by atoms with Gasteiger partial charge in [0.1, 0.15) is 23.9 Å². The molecule has 0 saturated heterocycles. The second-order valence-corrected chi connectivity index (χ2v) is 8.28. The lowest BCUT2D eigenvalue weighted by molar-refractivity contribution is 0.0674. The van der Waals surface area contributed by atoms with Crippen molar-refractivity contribution in [2.75, 3.05) is 14.2 Å². The number of carboxylic acid groups (broad SMARTS) is 1. The lowest BCUT2D eigenvalue weighted by Crippen LogP contribution is -2.29. The second-order valence-electron chi connectivity index (χ2n) is 8.28. The van der Waals surface area contributed by atoms with Gasteiger partial charge in [0.2, 0.25) is 5.91 Å². The number of aliphatic hydroxyl groups is 1. The monoisotopic (exact) mass is 474 g/mol. The van der Waals surface area contributed by atoms with Gasteiger partial charge < -0.3 is 24.3 Å². The molecule has 9 heteroatoms. The van der Waals surface area contributed by atoms with E-state index >= 15 is 0 Å². The zero-order valence-corrected chi connectivity index (χ0v) is 19.1. The SMILES string of the molecule is COc1ccc(CC(=O)n2c3c(ccc2=O)Cc2cc4c(cc2-3)cc(C(=O)O)n4CO)c(OC)c1. The predicted octanol–water partition coefficient (Wildman–Crippen LogP) is 2.92. The summed E-state index contributed by atoms with van der Waals surface area (Å²) in [4.78, 5) is 38.0. The van der Waals surface area contributed by atoms with Crippen molar-refractivity contribution in [3.05, 3.63) is 81.3 Å². The maximum atomic E-state index is 13.4. The second kappa shape index (κ2) is 8.44. The molecule has 2 heterocycles. The van der Waals surface area contributed by atoms with Crippen molar-refractivity contribution < 1.29 is 29.3 Å². The molecule has 9 nitrogen and oxygen atoms in total. The van der Waals surface area contributed by atoms with Gasteiger partial charge in [-0.1, -0.05) is 12.1 Å². The minimum atomic E-state index is -1.16. The Morgan fingerprint density at radius 3 is 2.49 bits per heavy atom. The number of benzene rings is 2. The molecule has 35 heavy (non-hydrogen) atoms. The summed E-state index contributed by atoms with van der Waals surface area (Å²) >= 11 is 0. The Morgan fingerprint density at radius 1 is 1.00 bits per heavy atom. The number of carboxylic acids is 1. The van der Waals surface area contributed by atoms with Crippen LogP contribution in [-0.2, 0) is 19.6 Å². The molecule has 1 aliphatic carbocycles. The Bertz CT molecular complexity index is 1580. The van der Waals surface area contributed by atoms with Crippen LogP contribution in [0.1, 0.15) is 32.0 Å². The van der Waals surface area contributed by atoms with Crippen LogP contribution in [-0.4, -0.2) is 45.4 Å². The molecule has 0 fully saturated rings. The normalized spacial score (nSPS) is 11.9. The molecule has 178 valence electrons. The number of ether oxygens (including phenoxy) is 2. The summed E-state index contributed by atoms with van der Waals surface area (Å²) < 4.78 is 13.1. The minimum Gasteiger partial charge on any atom is -0.497 e. The predicted molar refractivity (Wildman–Crippen MR) is 127 cm³/mol. The molecule has 4 aromatic rings. The molecule has 0 amide bonds. The average Bonchev–Trinajstić information content (AvgIpc) is 3.40. The van der Waals surface area contributed by atoms with Crippen LogP contribution in [0.25, 0.3) is 22.2 Å². The van der Waals surface area contributed by atoms with E-state index in [0.717, 1.165) is 11.1 Å². The molecule has 2 N–H and O–H groups in total. The fraction of sp³-hybridized carbons (Fsp3) is 0.192. The highest BCUT2D eigenvalue weighted by Crippen LogP contribution is 2.39. The van der Waals surface area contributed by atoms with Gasteiger partial charge >= 0.3 is 5.97 Å². The summed E-state index contributed by atoms with van der Waals surface area (Å²) in [5, 5.41) is 19.8. The number of pyridine rings is 1. The van der Waals surface area contributed by atoms with Crippen LogP contribution in [0.5, 0.6) is 11.5 Å². The number of aliphatic hydroxyl groups excluding tert-OH is 1. The number of rotatable bonds is 6. The number of aromatic carboxylic acids is 1. The lowest BCUT2D eigenvalue weighted by atomic mass is 10.1. The van der Waals surface area contributed by atoms with Gasteiger partial charge in [-0.05, 0) is 35.4 Å². The average molecular weight is 474 g/mol. The van der Waals surface area contributed by atoms with Crippen LogP contribution in [0.15, 0.2) is 53.3 Å². The first kappa shape index (κ1) is 22.4. The zero-order valence-electron chi connectivity index (χ0n) is 19.1. The van der Waals surface area contributed by atoms with Crippen LogP contribution in [0.2, 0.25) is 0 Å². The van der Waals surface area contributed by atoms with E-state index in [1.54, 1.807) is 36.4 Å². The molecular weight excluding hydrogens is 452 g/mol. The van der Waals surface area contributed by atoms with E-state index in [4.69, 9.17) is 9.47 Å². The summed E-state index contributed by atoms with van der Waals surface area (Å²) in [7, 11) is 3.04. The minimum absolute atomic E-state index is 0.0421. The van der Waals surface area contributed by atoms with Crippen molar-refractivity contribution in [2.24, 2.45) is 0 Å². The molecule has 5 rings (SSSR count). The van der Waals surface area contributed by atoms with Crippen LogP contribution in [0.4, 0.5) is 0 Å². The van der Waals surface area contributed by atoms with Gasteiger partial charge in [0, 0.05) is 35.1 Å². The van der Waals surface area contributed by atoms with Gasteiger partial charge in [-0.2, -0.15) is 0 Å². The van der Waals surface area contributed by atoms with Crippen molar-refractivity contribution in [1.82, 2.24) is 9.13 Å². The number of aromatic nitrogens is 2. The van der Waals surface area contributed by atoms with Crippen molar-refractivity contribution >= 4 is 22.8 Å². The molecule has 0 unspecified atom stereocenters. The molecule has 0 radical (unpaired) electrons. The first-order valence-electron chi connectivity index (χ1n) is 10.9. The van der Waals surface area contributed by atoms with Crippen molar-refractivity contribution in [3.8, 4) is 22.8 Å². The number of methoxy groups -OCH3 is 2. The van der Waals surface area contributed by atoms with Gasteiger partial charge in [-0.15, -0.1) is 0 Å². The Hall–Kier alpha value is -4.37. The third kappa shape index (κ3) is 3.57. The Balaban J connectivity index is 1.63. The highest BCUT2D eigenvalue weighted by atomic mass is 16.5. The number of hydrogen-bond donors (Lipinski definition) is 2. The summed E-state index contributed by atoms with van der Waals surface area (Å²) in [5.74, 6) is -0.505. The molecule has 0 saturated carbocycles. The Kier molecular flexibility index (Phi) is 5.41. The summed E-state index contributed by atoms with van der Waals surface area (Å²) in [6, 6.07) is 13.3. The van der Waals surface area contributed by atoms with Crippen LogP contribution >= 0.6 is 0 Å². The van der Waals surface area contributed by atoms with Crippen LogP contribution < -0.4 is 15.0 Å². The number of carbonyl (C=O) groups is 2. The van der Waals surface area contributed by atoms with E-state index in [1.807, 2.05) is 0 Å². The first-order chi connectivity index (χ1) is 16.9. The van der Waals surface area contributed by atoms with Crippen molar-refractivity contribution in [2.45, 2.75) is 19.6 Å². The van der Waals surface area contributed by atoms with E-state index in [9.17, 15) is 24.6 Å². The molecule has 2 aromatic heterocycles. The van der Waals surface area contributed by atoms with Crippen molar-refractivity contribution in [1.29, 1.82) is 0 Å². The largest absolute Gasteiger partial charge is 0.497 e. The molecule has 2 aromatic carbocycles. The van der Waals surface area contributed by atoms with Crippen molar-refractivity contribution in [3.63, 3.8) is 0 Å². The quantitative estimate of drug-likeness (QED) is 0.388. The Labute approximate surface area is 199 Å². The van der Waals surface area contributed by atoms with Gasteiger partial charge in [0.05, 0.1) is 31.9 Å². The molecule has 0 aliphatic heterocycles. The topological polar surface area (TPSA) is 120 Å². The van der Waals surface area contributed by atoms with Crippen LogP contribution in [0.3, 0.4) is 0 Å². The van der Waals surface area contributed by atoms with E-state index in [1.165, 1.54) is 35.5 Å². The van der Waals surface area contributed by atoms with E-state index in [2.05, 4.69) is 0 Å². The molecule has 0 atom stereocenters. The maximum absolute atomic E-state index is 13.4. The summed E-state index contributed by atoms with van der Waals surface area (Å²) in [6.45, 7) is -0.482. The van der Waals surface area contributed by atoms with Gasteiger partial charge in [0.25, 0.3) is 5.56 Å². The number of hydrogen-bond acceptors (Lipinski definition) is 6. The van der Waals surface area contributed by atoms with Gasteiger partial charge in [-0.25, -0.2) is 9.36 Å². The fourth-order valence-corrected chi connectivity index (χ4v) is 4.76. The molecule has 0 spiro atoms. The molecular formula is C26H22N2O7. The van der Waals surface area contributed by atoms with E-state index < -0.39 is 24.2 Å². The summed E-state index contributed by atoms with van der Waals surface area (Å²) in [5.41, 5.74) is 3.53. The smallest absolute Gasteiger partial charge is 0.352 e. The third-order valence-corrected chi connectivity index (χ3v) is 6.38. The Morgan fingerprint density at radius 2 is 1.80 bits per heavy atom.